The molecule has 0 saturated carbocycles. The van der Waals surface area contributed by atoms with Crippen LogP contribution in [0.25, 0.3) is 10.9 Å². The molecule has 0 fully saturated rings. The lowest BCUT2D eigenvalue weighted by molar-refractivity contribution is 0.836. The van der Waals surface area contributed by atoms with Crippen molar-refractivity contribution in [3.05, 3.63) is 71.4 Å². The fourth-order valence-corrected chi connectivity index (χ4v) is 2.54. The van der Waals surface area contributed by atoms with E-state index < -0.39 is 0 Å². The van der Waals surface area contributed by atoms with Gasteiger partial charge in [-0.25, -0.2) is 0 Å². The molecule has 0 N–H and O–H groups in total. The van der Waals surface area contributed by atoms with Gasteiger partial charge < -0.3 is 4.57 Å². The van der Waals surface area contributed by atoms with Crippen molar-refractivity contribution in [3.8, 4) is 6.07 Å². The number of hydrogen-bond acceptors (Lipinski definition) is 1. The summed E-state index contributed by atoms with van der Waals surface area (Å²) in [6.07, 6.45) is 3.18. The lowest BCUT2D eigenvalue weighted by Gasteiger charge is -2.06. The second-order valence-electron chi connectivity index (χ2n) is 5.00. The number of rotatable bonds is 3. The van der Waals surface area contributed by atoms with E-state index in [-0.39, 0.29) is 0 Å². The van der Waals surface area contributed by atoms with Crippen LogP contribution in [-0.4, -0.2) is 4.57 Å². The number of benzene rings is 2. The summed E-state index contributed by atoms with van der Waals surface area (Å²) in [6.45, 7) is 2.97. The molecular formula is C18H16N2. The predicted octanol–water partition coefficient (Wildman–Crippen LogP) is 4.12. The summed E-state index contributed by atoms with van der Waals surface area (Å²) >= 11 is 0. The molecular weight excluding hydrogens is 244 g/mol. The van der Waals surface area contributed by atoms with Crippen LogP contribution in [0.1, 0.15) is 23.6 Å². The highest BCUT2D eigenvalue weighted by Crippen LogP contribution is 2.19. The van der Waals surface area contributed by atoms with E-state index >= 15 is 0 Å². The second-order valence-corrected chi connectivity index (χ2v) is 5.00. The molecule has 20 heavy (non-hydrogen) atoms. The lowest BCUT2D eigenvalue weighted by atomic mass is 10.1. The molecule has 2 nitrogen and oxygen atoms in total. The molecule has 0 atom stereocenters. The van der Waals surface area contributed by atoms with Crippen LogP contribution in [0.5, 0.6) is 0 Å². The Morgan fingerprint density at radius 2 is 1.95 bits per heavy atom. The van der Waals surface area contributed by atoms with Gasteiger partial charge in [-0.2, -0.15) is 5.26 Å². The maximum atomic E-state index is 8.96. The van der Waals surface area contributed by atoms with E-state index in [0.29, 0.717) is 5.56 Å². The minimum Gasteiger partial charge on any atom is -0.343 e. The molecule has 0 unspecified atom stereocenters. The molecule has 0 aliphatic heterocycles. The van der Waals surface area contributed by atoms with Gasteiger partial charge in [-0.3, -0.25) is 0 Å². The number of nitrogens with zero attached hydrogens (tertiary/aromatic N) is 2. The highest BCUT2D eigenvalue weighted by molar-refractivity contribution is 5.81. The van der Waals surface area contributed by atoms with Crippen LogP contribution < -0.4 is 0 Å². The summed E-state index contributed by atoms with van der Waals surface area (Å²) in [4.78, 5) is 0. The molecule has 3 rings (SSSR count). The maximum absolute atomic E-state index is 8.96. The quantitative estimate of drug-likeness (QED) is 0.696. The highest BCUT2D eigenvalue weighted by Gasteiger charge is 2.03. The van der Waals surface area contributed by atoms with E-state index in [2.05, 4.69) is 54.1 Å². The summed E-state index contributed by atoms with van der Waals surface area (Å²) < 4.78 is 2.23. The normalized spacial score (nSPS) is 10.6. The highest BCUT2D eigenvalue weighted by atomic mass is 14.9. The molecule has 0 amide bonds. The molecule has 1 heterocycles. The van der Waals surface area contributed by atoms with Gasteiger partial charge in [-0.1, -0.05) is 25.1 Å². The van der Waals surface area contributed by atoms with Gasteiger partial charge in [0.15, 0.2) is 0 Å². The number of hydrogen-bond donors (Lipinski definition) is 0. The zero-order valence-electron chi connectivity index (χ0n) is 11.5. The third-order valence-electron chi connectivity index (χ3n) is 3.65. The van der Waals surface area contributed by atoms with Crippen LogP contribution in [0.15, 0.2) is 54.7 Å². The molecule has 1 aromatic heterocycles. The summed E-state index contributed by atoms with van der Waals surface area (Å²) in [5.41, 5.74) is 4.47. The monoisotopic (exact) mass is 260 g/mol. The molecule has 0 saturated heterocycles. The van der Waals surface area contributed by atoms with Crippen molar-refractivity contribution in [1.82, 2.24) is 4.57 Å². The Hall–Kier alpha value is -2.53. The minimum atomic E-state index is 0.715. The molecule has 98 valence electrons. The Morgan fingerprint density at radius 3 is 2.75 bits per heavy atom. The fourth-order valence-electron chi connectivity index (χ4n) is 2.54. The SMILES string of the molecule is CCc1ccc2c(ccn2Cc2cccc(C#N)c2)c1. The van der Waals surface area contributed by atoms with Gasteiger partial charge >= 0.3 is 0 Å². The minimum absolute atomic E-state index is 0.715. The van der Waals surface area contributed by atoms with Gasteiger partial charge in [0.2, 0.25) is 0 Å². The number of fused-ring (bicyclic) bond motifs is 1. The number of aromatic nitrogens is 1. The first kappa shape index (κ1) is 12.5. The van der Waals surface area contributed by atoms with E-state index in [1.807, 2.05) is 18.2 Å². The first-order valence-electron chi connectivity index (χ1n) is 6.87. The third kappa shape index (κ3) is 2.31. The van der Waals surface area contributed by atoms with E-state index in [4.69, 9.17) is 5.26 Å². The van der Waals surface area contributed by atoms with Gasteiger partial charge in [0.05, 0.1) is 11.6 Å². The second kappa shape index (κ2) is 5.22. The molecule has 0 aliphatic carbocycles. The number of nitriles is 1. The molecule has 0 aliphatic rings. The Labute approximate surface area is 118 Å². The Morgan fingerprint density at radius 1 is 1.05 bits per heavy atom. The zero-order valence-corrected chi connectivity index (χ0v) is 11.5. The largest absolute Gasteiger partial charge is 0.343 e. The first-order chi connectivity index (χ1) is 9.80. The zero-order chi connectivity index (χ0) is 13.9. The molecule has 2 heteroatoms. The van der Waals surface area contributed by atoms with Gasteiger partial charge in [-0.15, -0.1) is 0 Å². The molecule has 0 bridgehead atoms. The van der Waals surface area contributed by atoms with Crippen molar-refractivity contribution < 1.29 is 0 Å². The van der Waals surface area contributed by atoms with Gasteiger partial charge in [0, 0.05) is 18.3 Å². The summed E-state index contributed by atoms with van der Waals surface area (Å²) in [5, 5.41) is 10.2. The Balaban J connectivity index is 1.96. The van der Waals surface area contributed by atoms with Crippen molar-refractivity contribution in [2.24, 2.45) is 0 Å². The van der Waals surface area contributed by atoms with E-state index in [1.54, 1.807) is 0 Å². The van der Waals surface area contributed by atoms with Gasteiger partial charge in [0.25, 0.3) is 0 Å². The van der Waals surface area contributed by atoms with Crippen LogP contribution in [0.2, 0.25) is 0 Å². The van der Waals surface area contributed by atoms with Crippen molar-refractivity contribution in [2.75, 3.05) is 0 Å². The van der Waals surface area contributed by atoms with E-state index in [0.717, 1.165) is 18.5 Å². The van der Waals surface area contributed by atoms with Crippen molar-refractivity contribution in [3.63, 3.8) is 0 Å². The molecule has 2 aromatic carbocycles. The van der Waals surface area contributed by atoms with Crippen molar-refractivity contribution in [2.45, 2.75) is 19.9 Å². The summed E-state index contributed by atoms with van der Waals surface area (Å²) in [7, 11) is 0. The van der Waals surface area contributed by atoms with Gasteiger partial charge in [-0.05, 0) is 53.3 Å². The average Bonchev–Trinajstić information content (AvgIpc) is 2.89. The Kier molecular flexibility index (Phi) is 3.26. The van der Waals surface area contributed by atoms with Crippen LogP contribution in [0.3, 0.4) is 0 Å². The van der Waals surface area contributed by atoms with Crippen LogP contribution >= 0.6 is 0 Å². The van der Waals surface area contributed by atoms with Crippen LogP contribution in [-0.2, 0) is 13.0 Å². The van der Waals surface area contributed by atoms with E-state index in [9.17, 15) is 0 Å². The Bertz CT molecular complexity index is 791. The van der Waals surface area contributed by atoms with Crippen LogP contribution in [0, 0.1) is 11.3 Å². The smallest absolute Gasteiger partial charge is 0.0991 e. The van der Waals surface area contributed by atoms with Crippen molar-refractivity contribution >= 4 is 10.9 Å². The fraction of sp³-hybridized carbons (Fsp3) is 0.167. The average molecular weight is 260 g/mol. The number of aryl methyl sites for hydroxylation is 1. The first-order valence-corrected chi connectivity index (χ1v) is 6.87. The van der Waals surface area contributed by atoms with Crippen LogP contribution in [0.4, 0.5) is 0 Å². The molecule has 0 radical (unpaired) electrons. The lowest BCUT2D eigenvalue weighted by Crippen LogP contribution is -1.98. The van der Waals surface area contributed by atoms with Gasteiger partial charge in [0.1, 0.15) is 0 Å². The molecule has 3 aromatic rings. The molecule has 0 spiro atoms. The van der Waals surface area contributed by atoms with E-state index in [1.165, 1.54) is 16.5 Å². The third-order valence-corrected chi connectivity index (χ3v) is 3.65. The summed E-state index contributed by atoms with van der Waals surface area (Å²) in [6, 6.07) is 18.8. The summed E-state index contributed by atoms with van der Waals surface area (Å²) in [5.74, 6) is 0. The maximum Gasteiger partial charge on any atom is 0.0991 e. The standard InChI is InChI=1S/C18H16N2/c1-2-14-6-7-18-17(11-14)8-9-20(18)13-16-5-3-4-15(10-16)12-19/h3-11H,2,13H2,1H3. The topological polar surface area (TPSA) is 28.7 Å². The predicted molar refractivity (Wildman–Crippen MR) is 81.6 cm³/mol. The van der Waals surface area contributed by atoms with Crippen molar-refractivity contribution in [1.29, 1.82) is 5.26 Å².